The van der Waals surface area contributed by atoms with E-state index in [0.29, 0.717) is 12.2 Å². The molecule has 1 aromatic carbocycles. The maximum atomic E-state index is 12.6. The first kappa shape index (κ1) is 14.3. The van der Waals surface area contributed by atoms with E-state index < -0.39 is 11.9 Å². The molecular formula is C16H17N3O3. The van der Waals surface area contributed by atoms with Crippen molar-refractivity contribution < 1.29 is 14.7 Å². The summed E-state index contributed by atoms with van der Waals surface area (Å²) in [6.07, 6.45) is 0.765. The van der Waals surface area contributed by atoms with Crippen LogP contribution in [0.2, 0.25) is 0 Å². The summed E-state index contributed by atoms with van der Waals surface area (Å²) in [6.45, 7) is 2.55. The highest BCUT2D eigenvalue weighted by molar-refractivity contribution is 5.93. The topological polar surface area (TPSA) is 86.3 Å². The molecule has 6 nitrogen and oxygen atoms in total. The van der Waals surface area contributed by atoms with Gasteiger partial charge in [0.25, 0.3) is 5.91 Å². The summed E-state index contributed by atoms with van der Waals surface area (Å²) in [7, 11) is 0. The van der Waals surface area contributed by atoms with Gasteiger partial charge in [0, 0.05) is 18.8 Å². The molecule has 0 saturated heterocycles. The van der Waals surface area contributed by atoms with Crippen LogP contribution >= 0.6 is 0 Å². The van der Waals surface area contributed by atoms with Crippen molar-refractivity contribution in [2.75, 3.05) is 6.54 Å². The van der Waals surface area contributed by atoms with Crippen LogP contribution in [0.25, 0.3) is 0 Å². The van der Waals surface area contributed by atoms with Crippen LogP contribution in [-0.2, 0) is 17.8 Å². The molecule has 114 valence electrons. The van der Waals surface area contributed by atoms with Crippen LogP contribution in [0.5, 0.6) is 0 Å². The van der Waals surface area contributed by atoms with Gasteiger partial charge < -0.3 is 10.0 Å². The van der Waals surface area contributed by atoms with Crippen LogP contribution in [0.1, 0.15) is 40.2 Å². The Hall–Kier alpha value is -2.63. The molecule has 1 aliphatic rings. The number of rotatable bonds is 3. The lowest BCUT2D eigenvalue weighted by atomic mass is 9.89. The van der Waals surface area contributed by atoms with E-state index >= 15 is 0 Å². The number of hydrogen-bond donors (Lipinski definition) is 2. The fourth-order valence-corrected chi connectivity index (χ4v) is 2.79. The molecule has 2 aromatic rings. The molecule has 1 amide bonds. The quantitative estimate of drug-likeness (QED) is 0.904. The second-order valence-corrected chi connectivity index (χ2v) is 5.41. The summed E-state index contributed by atoms with van der Waals surface area (Å²) in [5, 5.41) is 16.3. The zero-order chi connectivity index (χ0) is 15.7. The number of aromatic amines is 1. The Labute approximate surface area is 127 Å². The lowest BCUT2D eigenvalue weighted by molar-refractivity contribution is -0.139. The number of nitrogens with zero attached hydrogens (tertiary/aromatic N) is 2. The van der Waals surface area contributed by atoms with Crippen molar-refractivity contribution in [1.29, 1.82) is 0 Å². The van der Waals surface area contributed by atoms with E-state index in [4.69, 9.17) is 0 Å². The van der Waals surface area contributed by atoms with Crippen molar-refractivity contribution in [3.63, 3.8) is 0 Å². The molecule has 0 radical (unpaired) electrons. The van der Waals surface area contributed by atoms with Gasteiger partial charge >= 0.3 is 5.97 Å². The predicted octanol–water partition coefficient (Wildman–Crippen LogP) is 1.80. The number of nitrogens with one attached hydrogen (secondary N) is 1. The number of hydrogen-bond acceptors (Lipinski definition) is 3. The van der Waals surface area contributed by atoms with Crippen molar-refractivity contribution >= 4 is 11.9 Å². The van der Waals surface area contributed by atoms with Gasteiger partial charge in [-0.3, -0.25) is 14.7 Å². The first-order chi connectivity index (χ1) is 10.6. The largest absolute Gasteiger partial charge is 0.481 e. The second-order valence-electron chi connectivity index (χ2n) is 5.41. The van der Waals surface area contributed by atoms with E-state index in [1.165, 1.54) is 0 Å². The highest BCUT2D eigenvalue weighted by Gasteiger charge is 2.33. The minimum Gasteiger partial charge on any atom is -0.481 e. The molecule has 0 fully saturated rings. The van der Waals surface area contributed by atoms with Crippen LogP contribution in [-0.4, -0.2) is 38.6 Å². The van der Waals surface area contributed by atoms with Crippen molar-refractivity contribution in [2.45, 2.75) is 25.8 Å². The number of carboxylic acids is 1. The Morgan fingerprint density at radius 2 is 2.18 bits per heavy atom. The monoisotopic (exact) mass is 299 g/mol. The number of aryl methyl sites for hydroxylation is 1. The molecular weight excluding hydrogens is 282 g/mol. The Morgan fingerprint density at radius 3 is 2.86 bits per heavy atom. The number of aliphatic carboxylic acids is 1. The minimum atomic E-state index is -0.916. The number of amides is 1. The third kappa shape index (κ3) is 2.47. The third-order valence-electron chi connectivity index (χ3n) is 4.01. The average molecular weight is 299 g/mol. The zero-order valence-electron chi connectivity index (χ0n) is 12.2. The van der Waals surface area contributed by atoms with Gasteiger partial charge in [0.1, 0.15) is 5.69 Å². The molecule has 0 aliphatic carbocycles. The lowest BCUT2D eigenvalue weighted by Gasteiger charge is -2.32. The highest BCUT2D eigenvalue weighted by atomic mass is 16.4. The summed E-state index contributed by atoms with van der Waals surface area (Å²) in [6, 6.07) is 9.09. The van der Waals surface area contributed by atoms with Gasteiger partial charge in [-0.05, 0) is 23.6 Å². The Morgan fingerprint density at radius 1 is 1.41 bits per heavy atom. The van der Waals surface area contributed by atoms with Gasteiger partial charge in [0.05, 0.1) is 5.92 Å². The highest BCUT2D eigenvalue weighted by Crippen LogP contribution is 2.29. The normalized spacial score (nSPS) is 17.1. The molecule has 2 heterocycles. The molecule has 2 N–H and O–H groups in total. The molecule has 1 atom stereocenters. The van der Waals surface area contributed by atoms with Crippen LogP contribution < -0.4 is 0 Å². The molecule has 0 bridgehead atoms. The van der Waals surface area contributed by atoms with E-state index in [-0.39, 0.29) is 12.5 Å². The fourth-order valence-electron chi connectivity index (χ4n) is 2.79. The van der Waals surface area contributed by atoms with E-state index in [2.05, 4.69) is 10.2 Å². The van der Waals surface area contributed by atoms with Crippen LogP contribution in [0, 0.1) is 0 Å². The number of carbonyl (C=O) groups is 2. The van der Waals surface area contributed by atoms with Crippen molar-refractivity contribution in [2.24, 2.45) is 0 Å². The molecule has 0 spiro atoms. The summed E-state index contributed by atoms with van der Waals surface area (Å²) in [4.78, 5) is 25.6. The molecule has 1 unspecified atom stereocenters. The van der Waals surface area contributed by atoms with Gasteiger partial charge in [-0.25, -0.2) is 0 Å². The molecule has 3 rings (SSSR count). The minimum absolute atomic E-state index is 0.166. The zero-order valence-corrected chi connectivity index (χ0v) is 12.2. The van der Waals surface area contributed by atoms with Crippen molar-refractivity contribution in [1.82, 2.24) is 15.1 Å². The number of fused-ring (bicyclic) bond motifs is 1. The SMILES string of the molecule is CCc1cc(C(=O)N2Cc3ccccc3C(C(=O)O)C2)n[nH]1. The second kappa shape index (κ2) is 5.63. The Bertz CT molecular complexity index is 723. The van der Waals surface area contributed by atoms with Crippen LogP contribution in [0.15, 0.2) is 30.3 Å². The van der Waals surface area contributed by atoms with Crippen LogP contribution in [0.3, 0.4) is 0 Å². The van der Waals surface area contributed by atoms with E-state index in [1.54, 1.807) is 11.0 Å². The van der Waals surface area contributed by atoms with Gasteiger partial charge in [-0.15, -0.1) is 0 Å². The number of carbonyl (C=O) groups excluding carboxylic acids is 1. The maximum absolute atomic E-state index is 12.6. The Balaban J connectivity index is 1.90. The first-order valence-electron chi connectivity index (χ1n) is 7.24. The summed E-state index contributed by atoms with van der Waals surface area (Å²) < 4.78 is 0. The molecule has 0 saturated carbocycles. The van der Waals surface area contributed by atoms with E-state index in [0.717, 1.165) is 23.2 Å². The van der Waals surface area contributed by atoms with Gasteiger partial charge in [0.2, 0.25) is 0 Å². The van der Waals surface area contributed by atoms with Crippen LogP contribution in [0.4, 0.5) is 0 Å². The van der Waals surface area contributed by atoms with Gasteiger partial charge in [-0.1, -0.05) is 31.2 Å². The van der Waals surface area contributed by atoms with E-state index in [9.17, 15) is 14.7 Å². The molecule has 1 aliphatic heterocycles. The fraction of sp³-hybridized carbons (Fsp3) is 0.312. The smallest absolute Gasteiger partial charge is 0.312 e. The standard InChI is InChI=1S/C16H17N3O3/c1-2-11-7-14(18-17-11)15(20)19-8-10-5-3-4-6-12(10)13(9-19)16(21)22/h3-7,13H,2,8-9H2,1H3,(H,17,18)(H,21,22). The molecule has 22 heavy (non-hydrogen) atoms. The summed E-state index contributed by atoms with van der Waals surface area (Å²) >= 11 is 0. The summed E-state index contributed by atoms with van der Waals surface area (Å²) in [5.74, 6) is -1.85. The lowest BCUT2D eigenvalue weighted by Crippen LogP contribution is -2.40. The number of benzene rings is 1. The van der Waals surface area contributed by atoms with Gasteiger partial charge in [-0.2, -0.15) is 5.10 Å². The van der Waals surface area contributed by atoms with Crippen molar-refractivity contribution in [3.8, 4) is 0 Å². The van der Waals surface area contributed by atoms with Crippen molar-refractivity contribution in [3.05, 3.63) is 52.8 Å². The van der Waals surface area contributed by atoms with Gasteiger partial charge in [0.15, 0.2) is 0 Å². The Kier molecular flexibility index (Phi) is 3.66. The number of carboxylic acid groups (broad SMARTS) is 1. The predicted molar refractivity (Wildman–Crippen MR) is 79.5 cm³/mol. The average Bonchev–Trinajstić information content (AvgIpc) is 3.02. The molecule has 6 heteroatoms. The number of aromatic nitrogens is 2. The number of H-pyrrole nitrogens is 1. The first-order valence-corrected chi connectivity index (χ1v) is 7.24. The van der Waals surface area contributed by atoms with E-state index in [1.807, 2.05) is 31.2 Å². The maximum Gasteiger partial charge on any atom is 0.312 e. The third-order valence-corrected chi connectivity index (χ3v) is 4.01. The summed E-state index contributed by atoms with van der Waals surface area (Å²) in [5.41, 5.74) is 2.88. The molecule has 1 aromatic heterocycles.